The molecule has 0 bridgehead atoms. The van der Waals surface area contributed by atoms with E-state index in [4.69, 9.17) is 4.98 Å². The number of pyridine rings is 1. The molecule has 0 amide bonds. The van der Waals surface area contributed by atoms with Crippen LogP contribution < -0.4 is 0 Å². The molecule has 0 saturated heterocycles. The number of hydrogen-bond donors (Lipinski definition) is 0. The second kappa shape index (κ2) is 6.26. The number of para-hydroxylation sites is 3. The van der Waals surface area contributed by atoms with Crippen LogP contribution in [0, 0.1) is 0 Å². The number of imidazole rings is 1. The van der Waals surface area contributed by atoms with Crippen molar-refractivity contribution in [2.45, 2.75) is 10.9 Å². The molecular formula is C19H15N3S. The minimum absolute atomic E-state index is 0.851. The second-order valence-electron chi connectivity index (χ2n) is 5.20. The lowest BCUT2D eigenvalue weighted by atomic mass is 10.3. The third-order valence-electron chi connectivity index (χ3n) is 3.64. The van der Waals surface area contributed by atoms with Gasteiger partial charge in [-0.25, -0.2) is 4.98 Å². The van der Waals surface area contributed by atoms with Crippen molar-refractivity contribution in [1.29, 1.82) is 0 Å². The fraction of sp³-hybridized carbons (Fsp3) is 0.0526. The van der Waals surface area contributed by atoms with Gasteiger partial charge in [-0.15, -0.1) is 0 Å². The Labute approximate surface area is 139 Å². The van der Waals surface area contributed by atoms with E-state index < -0.39 is 0 Å². The van der Waals surface area contributed by atoms with Crippen LogP contribution in [0.1, 0.15) is 5.56 Å². The molecule has 0 fully saturated rings. The highest BCUT2D eigenvalue weighted by Gasteiger charge is 2.12. The minimum Gasteiger partial charge on any atom is -0.287 e. The van der Waals surface area contributed by atoms with Gasteiger partial charge in [-0.2, -0.15) is 0 Å². The Balaban J connectivity index is 1.76. The summed E-state index contributed by atoms with van der Waals surface area (Å²) < 4.78 is 2.22. The van der Waals surface area contributed by atoms with Crippen LogP contribution in [0.25, 0.3) is 16.7 Å². The lowest BCUT2D eigenvalue weighted by Crippen LogP contribution is -1.96. The van der Waals surface area contributed by atoms with Gasteiger partial charge in [0.25, 0.3) is 0 Å². The van der Waals surface area contributed by atoms with E-state index in [0.717, 1.165) is 27.6 Å². The lowest BCUT2D eigenvalue weighted by molar-refractivity contribution is 0.919. The quantitative estimate of drug-likeness (QED) is 0.511. The van der Waals surface area contributed by atoms with Gasteiger partial charge in [-0.05, 0) is 35.9 Å². The van der Waals surface area contributed by atoms with Gasteiger partial charge in [-0.3, -0.25) is 9.55 Å². The first-order chi connectivity index (χ1) is 11.4. The first kappa shape index (κ1) is 14.0. The van der Waals surface area contributed by atoms with E-state index in [1.54, 1.807) is 18.0 Å². The monoisotopic (exact) mass is 317 g/mol. The molecule has 4 rings (SSSR count). The van der Waals surface area contributed by atoms with Crippen molar-refractivity contribution in [3.05, 3.63) is 84.7 Å². The summed E-state index contributed by atoms with van der Waals surface area (Å²) in [5, 5.41) is 1.00. The molecule has 0 N–H and O–H groups in total. The van der Waals surface area contributed by atoms with Crippen LogP contribution in [0.2, 0.25) is 0 Å². The Kier molecular flexibility index (Phi) is 3.82. The van der Waals surface area contributed by atoms with Crippen LogP contribution in [-0.2, 0) is 5.75 Å². The molecule has 2 aromatic heterocycles. The standard InChI is InChI=1S/C19H15N3S/c1-2-8-16(9-3-1)22-18-11-5-4-10-17(18)21-19(22)23-14-15-7-6-12-20-13-15/h1-13H,14H2. The first-order valence-electron chi connectivity index (χ1n) is 7.46. The maximum absolute atomic E-state index is 4.81. The molecule has 0 aliphatic heterocycles. The Hall–Kier alpha value is -2.59. The van der Waals surface area contributed by atoms with E-state index in [1.165, 1.54) is 5.56 Å². The predicted molar refractivity (Wildman–Crippen MR) is 94.9 cm³/mol. The summed E-state index contributed by atoms with van der Waals surface area (Å²) in [6, 6.07) is 22.7. The number of fused-ring (bicyclic) bond motifs is 1. The molecule has 0 aliphatic carbocycles. The SMILES string of the molecule is c1ccc(-n2c(SCc3cccnc3)nc3ccccc32)cc1. The highest BCUT2D eigenvalue weighted by molar-refractivity contribution is 7.98. The Morgan fingerprint density at radius 3 is 2.52 bits per heavy atom. The van der Waals surface area contributed by atoms with Crippen LogP contribution in [0.15, 0.2) is 84.3 Å². The summed E-state index contributed by atoms with van der Waals surface area (Å²) >= 11 is 1.73. The van der Waals surface area contributed by atoms with Crippen LogP contribution >= 0.6 is 11.8 Å². The highest BCUT2D eigenvalue weighted by atomic mass is 32.2. The van der Waals surface area contributed by atoms with Crippen LogP contribution in [0.4, 0.5) is 0 Å². The van der Waals surface area contributed by atoms with E-state index in [0.29, 0.717) is 0 Å². The highest BCUT2D eigenvalue weighted by Crippen LogP contribution is 2.29. The first-order valence-corrected chi connectivity index (χ1v) is 8.45. The van der Waals surface area contributed by atoms with Gasteiger partial charge < -0.3 is 0 Å². The summed E-state index contributed by atoms with van der Waals surface area (Å²) in [5.41, 5.74) is 4.48. The Bertz CT molecular complexity index is 917. The summed E-state index contributed by atoms with van der Waals surface area (Å²) in [5.74, 6) is 0.851. The van der Waals surface area contributed by atoms with E-state index >= 15 is 0 Å². The topological polar surface area (TPSA) is 30.7 Å². The zero-order valence-corrected chi connectivity index (χ0v) is 13.3. The van der Waals surface area contributed by atoms with Gasteiger partial charge in [0.05, 0.1) is 11.0 Å². The van der Waals surface area contributed by atoms with E-state index in [9.17, 15) is 0 Å². The zero-order valence-electron chi connectivity index (χ0n) is 12.5. The number of nitrogens with zero attached hydrogens (tertiary/aromatic N) is 3. The van der Waals surface area contributed by atoms with E-state index in [2.05, 4.69) is 58.1 Å². The van der Waals surface area contributed by atoms with Crippen LogP contribution in [0.5, 0.6) is 0 Å². The predicted octanol–water partition coefficient (Wildman–Crippen LogP) is 4.71. The molecule has 0 spiro atoms. The van der Waals surface area contributed by atoms with Gasteiger partial charge in [-0.1, -0.05) is 48.2 Å². The molecule has 112 valence electrons. The fourth-order valence-electron chi connectivity index (χ4n) is 2.56. The summed E-state index contributed by atoms with van der Waals surface area (Å²) in [6.07, 6.45) is 3.70. The maximum atomic E-state index is 4.81. The number of hydrogen-bond acceptors (Lipinski definition) is 3. The Morgan fingerprint density at radius 1 is 0.870 bits per heavy atom. The van der Waals surface area contributed by atoms with Gasteiger partial charge in [0.15, 0.2) is 5.16 Å². The number of benzene rings is 2. The van der Waals surface area contributed by atoms with Gasteiger partial charge in [0.1, 0.15) is 0 Å². The molecule has 2 heterocycles. The summed E-state index contributed by atoms with van der Waals surface area (Å²) in [7, 11) is 0. The molecule has 23 heavy (non-hydrogen) atoms. The molecule has 3 nitrogen and oxygen atoms in total. The number of aromatic nitrogens is 3. The third-order valence-corrected chi connectivity index (χ3v) is 4.64. The molecule has 4 aromatic rings. The second-order valence-corrected chi connectivity index (χ2v) is 6.15. The summed E-state index contributed by atoms with van der Waals surface area (Å²) in [6.45, 7) is 0. The van der Waals surface area contributed by atoms with Crippen molar-refractivity contribution in [2.24, 2.45) is 0 Å². The lowest BCUT2D eigenvalue weighted by Gasteiger charge is -2.08. The molecule has 0 unspecified atom stereocenters. The normalized spacial score (nSPS) is 11.0. The zero-order chi connectivity index (χ0) is 15.5. The van der Waals surface area contributed by atoms with Gasteiger partial charge >= 0.3 is 0 Å². The largest absolute Gasteiger partial charge is 0.287 e. The molecule has 0 radical (unpaired) electrons. The van der Waals surface area contributed by atoms with Gasteiger partial charge in [0.2, 0.25) is 0 Å². The average Bonchev–Trinajstić information content (AvgIpc) is 3.00. The molecule has 4 heteroatoms. The minimum atomic E-state index is 0.851. The smallest absolute Gasteiger partial charge is 0.174 e. The molecule has 2 aromatic carbocycles. The molecule has 0 aliphatic rings. The average molecular weight is 317 g/mol. The van der Waals surface area contributed by atoms with Gasteiger partial charge in [0, 0.05) is 23.8 Å². The third kappa shape index (κ3) is 2.85. The van der Waals surface area contributed by atoms with Crippen molar-refractivity contribution >= 4 is 22.8 Å². The van der Waals surface area contributed by atoms with E-state index in [1.807, 2.05) is 24.4 Å². The van der Waals surface area contributed by atoms with Crippen molar-refractivity contribution < 1.29 is 0 Å². The Morgan fingerprint density at radius 2 is 1.70 bits per heavy atom. The van der Waals surface area contributed by atoms with Crippen LogP contribution in [0.3, 0.4) is 0 Å². The molecular weight excluding hydrogens is 302 g/mol. The van der Waals surface area contributed by atoms with Crippen molar-refractivity contribution in [3.8, 4) is 5.69 Å². The van der Waals surface area contributed by atoms with Crippen molar-refractivity contribution in [3.63, 3.8) is 0 Å². The van der Waals surface area contributed by atoms with Crippen molar-refractivity contribution in [1.82, 2.24) is 14.5 Å². The van der Waals surface area contributed by atoms with Crippen molar-refractivity contribution in [2.75, 3.05) is 0 Å². The summed E-state index contributed by atoms with van der Waals surface area (Å²) in [4.78, 5) is 8.99. The molecule has 0 saturated carbocycles. The van der Waals surface area contributed by atoms with E-state index in [-0.39, 0.29) is 0 Å². The maximum Gasteiger partial charge on any atom is 0.174 e. The fourth-order valence-corrected chi connectivity index (χ4v) is 3.52. The van der Waals surface area contributed by atoms with Crippen LogP contribution in [-0.4, -0.2) is 14.5 Å². The number of rotatable bonds is 4. The molecule has 0 atom stereocenters. The number of thioether (sulfide) groups is 1.